The van der Waals surface area contributed by atoms with Gasteiger partial charge in [0.25, 0.3) is 0 Å². The smallest absolute Gasteiger partial charge is 0.146 e. The van der Waals surface area contributed by atoms with Crippen LogP contribution < -0.4 is 10.1 Å². The van der Waals surface area contributed by atoms with Gasteiger partial charge in [-0.15, -0.1) is 0 Å². The van der Waals surface area contributed by atoms with Crippen LogP contribution in [0.15, 0.2) is 36.5 Å². The van der Waals surface area contributed by atoms with Crippen molar-refractivity contribution in [3.8, 4) is 17.1 Å². The van der Waals surface area contributed by atoms with Crippen LogP contribution in [0.5, 0.6) is 5.75 Å². The molecule has 0 aromatic carbocycles. The van der Waals surface area contributed by atoms with Crippen LogP contribution in [0.25, 0.3) is 11.4 Å². The molecule has 0 amide bonds. The Morgan fingerprint density at radius 3 is 2.89 bits per heavy atom. The van der Waals surface area contributed by atoms with Crippen molar-refractivity contribution in [1.82, 2.24) is 9.97 Å². The lowest BCUT2D eigenvalue weighted by Gasteiger charge is -2.08. The van der Waals surface area contributed by atoms with E-state index in [1.807, 2.05) is 30.3 Å². The second-order valence-corrected chi connectivity index (χ2v) is 3.89. The van der Waals surface area contributed by atoms with Crippen LogP contribution in [-0.4, -0.2) is 23.6 Å². The number of nitrogens with one attached hydrogen (secondary N) is 1. The fraction of sp³-hybridized carbons (Fsp3) is 0.286. The second kappa shape index (κ2) is 6.00. The molecule has 2 rings (SSSR count). The number of ether oxygens (including phenoxy) is 1. The number of anilines is 1. The Balaban J connectivity index is 2.32. The lowest BCUT2D eigenvalue weighted by atomic mass is 10.2. The Labute approximate surface area is 107 Å². The van der Waals surface area contributed by atoms with Gasteiger partial charge in [-0.2, -0.15) is 0 Å². The highest BCUT2D eigenvalue weighted by Crippen LogP contribution is 2.26. The van der Waals surface area contributed by atoms with E-state index < -0.39 is 0 Å². The Hall–Kier alpha value is -2.10. The summed E-state index contributed by atoms with van der Waals surface area (Å²) in [4.78, 5) is 8.86. The van der Waals surface area contributed by atoms with E-state index in [9.17, 15) is 0 Å². The molecule has 0 saturated carbocycles. The summed E-state index contributed by atoms with van der Waals surface area (Å²) in [6.07, 6.45) is 2.81. The zero-order valence-corrected chi connectivity index (χ0v) is 10.7. The third-order valence-corrected chi connectivity index (χ3v) is 2.54. The predicted molar refractivity (Wildman–Crippen MR) is 72.8 cm³/mol. The minimum absolute atomic E-state index is 0.734. The van der Waals surface area contributed by atoms with Crippen molar-refractivity contribution in [3.63, 3.8) is 0 Å². The molecule has 0 atom stereocenters. The molecule has 0 radical (unpaired) electrons. The van der Waals surface area contributed by atoms with Crippen LogP contribution in [0.2, 0.25) is 0 Å². The first-order valence-corrected chi connectivity index (χ1v) is 6.05. The van der Waals surface area contributed by atoms with E-state index >= 15 is 0 Å². The van der Waals surface area contributed by atoms with Crippen LogP contribution >= 0.6 is 0 Å². The van der Waals surface area contributed by atoms with E-state index in [2.05, 4.69) is 22.2 Å². The monoisotopic (exact) mass is 243 g/mol. The van der Waals surface area contributed by atoms with Crippen molar-refractivity contribution in [3.05, 3.63) is 36.5 Å². The lowest BCUT2D eigenvalue weighted by molar-refractivity contribution is 0.414. The molecular formula is C14H17N3O. The summed E-state index contributed by atoms with van der Waals surface area (Å²) in [6, 6.07) is 9.59. The van der Waals surface area contributed by atoms with Gasteiger partial charge in [0.1, 0.15) is 17.3 Å². The van der Waals surface area contributed by atoms with Crippen molar-refractivity contribution in [2.45, 2.75) is 13.3 Å². The molecule has 18 heavy (non-hydrogen) atoms. The fourth-order valence-electron chi connectivity index (χ4n) is 1.67. The number of methoxy groups -OCH3 is 1. The zero-order valence-electron chi connectivity index (χ0n) is 10.7. The third-order valence-electron chi connectivity index (χ3n) is 2.54. The number of rotatable bonds is 5. The van der Waals surface area contributed by atoms with Gasteiger partial charge in [0.05, 0.1) is 12.8 Å². The number of pyridine rings is 2. The Bertz CT molecular complexity index is 514. The maximum atomic E-state index is 5.30. The van der Waals surface area contributed by atoms with Gasteiger partial charge in [0.15, 0.2) is 0 Å². The molecule has 4 nitrogen and oxygen atoms in total. The summed E-state index contributed by atoms with van der Waals surface area (Å²) in [7, 11) is 1.64. The first kappa shape index (κ1) is 12.4. The molecule has 1 N–H and O–H groups in total. The molecule has 0 saturated heterocycles. The summed E-state index contributed by atoms with van der Waals surface area (Å²) in [5, 5.41) is 3.26. The minimum atomic E-state index is 0.734. The molecular weight excluding hydrogens is 226 g/mol. The Kier molecular flexibility index (Phi) is 4.12. The van der Waals surface area contributed by atoms with Gasteiger partial charge >= 0.3 is 0 Å². The molecule has 0 unspecified atom stereocenters. The fourth-order valence-corrected chi connectivity index (χ4v) is 1.67. The third kappa shape index (κ3) is 2.77. The van der Waals surface area contributed by atoms with Crippen molar-refractivity contribution in [1.29, 1.82) is 0 Å². The maximum Gasteiger partial charge on any atom is 0.146 e. The molecule has 0 bridgehead atoms. The summed E-state index contributed by atoms with van der Waals surface area (Å²) in [6.45, 7) is 3.04. The van der Waals surface area contributed by atoms with E-state index in [1.54, 1.807) is 13.3 Å². The van der Waals surface area contributed by atoms with E-state index in [1.165, 1.54) is 0 Å². The molecule has 2 aromatic heterocycles. The molecule has 0 aliphatic rings. The lowest BCUT2D eigenvalue weighted by Crippen LogP contribution is -2.02. The van der Waals surface area contributed by atoms with Crippen LogP contribution in [0.1, 0.15) is 13.3 Å². The Morgan fingerprint density at radius 2 is 2.11 bits per heavy atom. The molecule has 0 aliphatic carbocycles. The summed E-state index contributed by atoms with van der Waals surface area (Å²) in [5.41, 5.74) is 1.58. The topological polar surface area (TPSA) is 47.0 Å². The van der Waals surface area contributed by atoms with E-state index in [4.69, 9.17) is 4.74 Å². The van der Waals surface area contributed by atoms with Gasteiger partial charge in [-0.3, -0.25) is 4.98 Å². The van der Waals surface area contributed by atoms with Gasteiger partial charge in [0, 0.05) is 12.7 Å². The highest BCUT2D eigenvalue weighted by Gasteiger charge is 2.08. The molecule has 0 aliphatic heterocycles. The summed E-state index contributed by atoms with van der Waals surface area (Å²) in [5.74, 6) is 1.60. The average molecular weight is 243 g/mol. The highest BCUT2D eigenvalue weighted by molar-refractivity contribution is 5.63. The first-order chi connectivity index (χ1) is 8.85. The number of hydrogen-bond acceptors (Lipinski definition) is 4. The van der Waals surface area contributed by atoms with Crippen LogP contribution in [0.4, 0.5) is 5.82 Å². The number of nitrogens with zero attached hydrogens (tertiary/aromatic N) is 2. The van der Waals surface area contributed by atoms with Crippen LogP contribution in [0.3, 0.4) is 0 Å². The largest absolute Gasteiger partial charge is 0.494 e. The zero-order chi connectivity index (χ0) is 12.8. The molecule has 0 fully saturated rings. The summed E-state index contributed by atoms with van der Waals surface area (Å²) >= 11 is 0. The second-order valence-electron chi connectivity index (χ2n) is 3.89. The van der Waals surface area contributed by atoms with Crippen LogP contribution in [-0.2, 0) is 0 Å². The SMILES string of the molecule is CCCNc1cccc(-c2ncccc2OC)n1. The molecule has 2 heterocycles. The van der Waals surface area contributed by atoms with Crippen molar-refractivity contribution < 1.29 is 4.74 Å². The predicted octanol–water partition coefficient (Wildman–Crippen LogP) is 2.97. The number of hydrogen-bond donors (Lipinski definition) is 1. The minimum Gasteiger partial charge on any atom is -0.494 e. The molecule has 94 valence electrons. The maximum absolute atomic E-state index is 5.30. The first-order valence-electron chi connectivity index (χ1n) is 6.05. The molecule has 2 aromatic rings. The van der Waals surface area contributed by atoms with Gasteiger partial charge in [-0.25, -0.2) is 4.98 Å². The standard InChI is InChI=1S/C14H17N3O/c1-3-9-15-13-8-4-6-11(17-13)14-12(18-2)7-5-10-16-14/h4-8,10H,3,9H2,1-2H3,(H,15,17). The summed E-state index contributed by atoms with van der Waals surface area (Å²) < 4.78 is 5.30. The van der Waals surface area contributed by atoms with Gasteiger partial charge in [0.2, 0.25) is 0 Å². The van der Waals surface area contributed by atoms with Crippen LogP contribution in [0, 0.1) is 0 Å². The Morgan fingerprint density at radius 1 is 1.22 bits per heavy atom. The molecule has 0 spiro atoms. The van der Waals surface area contributed by atoms with E-state index in [0.717, 1.165) is 35.9 Å². The normalized spacial score (nSPS) is 10.1. The van der Waals surface area contributed by atoms with Gasteiger partial charge in [-0.05, 0) is 30.7 Å². The van der Waals surface area contributed by atoms with Crippen molar-refractivity contribution in [2.24, 2.45) is 0 Å². The number of aromatic nitrogens is 2. The average Bonchev–Trinajstić information content (AvgIpc) is 2.45. The quantitative estimate of drug-likeness (QED) is 0.877. The van der Waals surface area contributed by atoms with Gasteiger partial charge in [-0.1, -0.05) is 13.0 Å². The van der Waals surface area contributed by atoms with E-state index in [0.29, 0.717) is 0 Å². The molecule has 4 heteroatoms. The van der Waals surface area contributed by atoms with Crippen molar-refractivity contribution >= 4 is 5.82 Å². The van der Waals surface area contributed by atoms with E-state index in [-0.39, 0.29) is 0 Å². The highest BCUT2D eigenvalue weighted by atomic mass is 16.5. The van der Waals surface area contributed by atoms with Gasteiger partial charge < -0.3 is 10.1 Å². The van der Waals surface area contributed by atoms with Crippen molar-refractivity contribution in [2.75, 3.05) is 19.0 Å².